The summed E-state index contributed by atoms with van der Waals surface area (Å²) in [4.78, 5) is 3.76. The lowest BCUT2D eigenvalue weighted by Crippen LogP contribution is -2.14. The molecule has 334 valence electrons. The van der Waals surface area contributed by atoms with Crippen molar-refractivity contribution in [1.29, 1.82) is 0 Å². The molecule has 1 unspecified atom stereocenters. The van der Waals surface area contributed by atoms with Crippen LogP contribution in [-0.2, 0) is 0 Å². The molecule has 0 radical (unpaired) electrons. The molecule has 0 saturated carbocycles. The lowest BCUT2D eigenvalue weighted by molar-refractivity contribution is 1.14. The highest BCUT2D eigenvalue weighted by Crippen LogP contribution is 2.71. The topological polar surface area (TPSA) is 19.7 Å². The van der Waals surface area contributed by atoms with E-state index >= 15 is 0 Å². The molecule has 0 bridgehead atoms. The quantitative estimate of drug-likeness (QED) is 0.152. The third-order valence-corrected chi connectivity index (χ3v) is 18.6. The summed E-state index contributed by atoms with van der Waals surface area (Å²) < 4.78 is 9.97. The second-order valence-corrected chi connectivity index (χ2v) is 21.4. The van der Waals surface area contributed by atoms with Gasteiger partial charge in [0.05, 0.1) is 44.1 Å². The van der Waals surface area contributed by atoms with Gasteiger partial charge in [-0.15, -0.1) is 0 Å². The highest BCUT2D eigenvalue weighted by atomic mass is 32.3. The van der Waals surface area contributed by atoms with Gasteiger partial charge in [-0.2, -0.15) is 0 Å². The van der Waals surface area contributed by atoms with Crippen LogP contribution in [0.1, 0.15) is 0 Å². The molecule has 4 nitrogen and oxygen atoms in total. The summed E-state index contributed by atoms with van der Waals surface area (Å²) in [5, 5.41) is 10.00. The number of aromatic nitrogens is 4. The molecule has 0 saturated heterocycles. The van der Waals surface area contributed by atoms with E-state index in [0.29, 0.717) is 0 Å². The first kappa shape index (κ1) is 39.9. The van der Waals surface area contributed by atoms with Crippen LogP contribution in [0.25, 0.3) is 104 Å². The van der Waals surface area contributed by atoms with Crippen LogP contribution in [0, 0.1) is 0 Å². The highest BCUT2D eigenvalue weighted by Gasteiger charge is 2.36. The summed E-state index contributed by atoms with van der Waals surface area (Å²) in [6.45, 7) is 0. The highest BCUT2D eigenvalue weighted by molar-refractivity contribution is 8.32. The second kappa shape index (κ2) is 15.5. The number of hydrogen-bond acceptors (Lipinski definition) is 0. The zero-order chi connectivity index (χ0) is 46.6. The number of hydrogen-bond donors (Lipinski definition) is 0. The SMILES string of the molecule is c1ccc(S(c2ccc(-n3c4ccccc4c4ccccc43)cc2)(c2ccc(-n3c4ccccc4c4cc(-n5c6ccccc6c6ccccc65)ccc43)cc2)n2c3ccccc3c3ccccc32)cc1. The average molecular weight is 925 g/mol. The number of nitrogens with zero attached hydrogens (tertiary/aromatic N) is 4. The van der Waals surface area contributed by atoms with Gasteiger partial charge in [-0.25, -0.2) is 0 Å². The monoisotopic (exact) mass is 924 g/mol. The molecule has 0 aliphatic rings. The molecular formula is C66H44N4S. The Morgan fingerprint density at radius 1 is 0.197 bits per heavy atom. The molecule has 15 aromatic rings. The maximum atomic E-state index is 2.69. The Kier molecular flexibility index (Phi) is 8.71. The Labute approximate surface area is 411 Å². The Bertz CT molecular complexity index is 4410. The van der Waals surface area contributed by atoms with Crippen LogP contribution in [0.15, 0.2) is 282 Å². The van der Waals surface area contributed by atoms with Gasteiger partial charge in [0.15, 0.2) is 0 Å². The molecule has 5 heteroatoms. The number of rotatable bonds is 7. The van der Waals surface area contributed by atoms with E-state index in [4.69, 9.17) is 0 Å². The molecule has 0 amide bonds. The molecule has 0 spiro atoms. The van der Waals surface area contributed by atoms with Crippen molar-refractivity contribution in [3.63, 3.8) is 0 Å². The maximum absolute atomic E-state index is 2.69. The van der Waals surface area contributed by atoms with E-state index in [-0.39, 0.29) is 0 Å². The molecule has 15 rings (SSSR count). The van der Waals surface area contributed by atoms with Gasteiger partial charge in [0.1, 0.15) is 0 Å². The minimum Gasteiger partial charge on any atom is -0.309 e. The molecule has 0 aliphatic heterocycles. The van der Waals surface area contributed by atoms with Crippen molar-refractivity contribution in [3.8, 4) is 17.1 Å². The Balaban J connectivity index is 0.961. The third-order valence-electron chi connectivity index (χ3n) is 14.8. The van der Waals surface area contributed by atoms with E-state index in [1.54, 1.807) is 0 Å². The summed E-state index contributed by atoms with van der Waals surface area (Å²) in [5.74, 6) is 0. The molecule has 4 heterocycles. The standard InChI is InChI=1S/C66H44N4S/c1-2-18-48(19-3-1)71(70-65-32-16-9-24-55(65)56-25-10-17-33-66(56)70,49-39-34-45(35-40-49)67-59-27-11-4-20-51(59)52-21-5-12-28-60(52)67)50-41-36-46(37-42-50)68-63-31-15-8-26-57(63)58-44-47(38-43-64(58)68)69-61-29-13-6-22-53(61)54-23-7-14-30-62(54)69/h1-44H. The van der Waals surface area contributed by atoms with E-state index < -0.39 is 10.2 Å². The summed E-state index contributed by atoms with van der Waals surface area (Å²) >= 11 is 0. The van der Waals surface area contributed by atoms with Crippen LogP contribution >= 0.6 is 10.2 Å². The van der Waals surface area contributed by atoms with Gasteiger partial charge < -0.3 is 13.7 Å². The Hall–Kier alpha value is -9.03. The van der Waals surface area contributed by atoms with Gasteiger partial charge in [-0.1, -0.05) is 156 Å². The fourth-order valence-corrected chi connectivity index (χ4v) is 15.9. The molecule has 71 heavy (non-hydrogen) atoms. The molecule has 1 atom stereocenters. The van der Waals surface area contributed by atoms with Crippen LogP contribution in [0.5, 0.6) is 0 Å². The molecule has 0 N–H and O–H groups in total. The van der Waals surface area contributed by atoms with Crippen molar-refractivity contribution in [2.45, 2.75) is 14.7 Å². The van der Waals surface area contributed by atoms with Gasteiger partial charge >= 0.3 is 0 Å². The smallest absolute Gasteiger partial charge is 0.0598 e. The first-order valence-electron chi connectivity index (χ1n) is 24.3. The number of fused-ring (bicyclic) bond motifs is 12. The summed E-state index contributed by atoms with van der Waals surface area (Å²) in [5.41, 5.74) is 13.0. The fourth-order valence-electron chi connectivity index (χ4n) is 11.9. The van der Waals surface area contributed by atoms with Crippen LogP contribution < -0.4 is 0 Å². The summed E-state index contributed by atoms with van der Waals surface area (Å²) in [6, 6.07) is 99.1. The summed E-state index contributed by atoms with van der Waals surface area (Å²) in [6.07, 6.45) is 0. The van der Waals surface area contributed by atoms with E-state index in [1.165, 1.54) is 102 Å². The van der Waals surface area contributed by atoms with Gasteiger partial charge in [0.25, 0.3) is 0 Å². The fraction of sp³-hybridized carbons (Fsp3) is 0. The van der Waals surface area contributed by atoms with Gasteiger partial charge in [-0.05, 0) is 121 Å². The van der Waals surface area contributed by atoms with Crippen molar-refractivity contribution >= 4 is 97.4 Å². The van der Waals surface area contributed by atoms with E-state index in [9.17, 15) is 0 Å². The van der Waals surface area contributed by atoms with E-state index in [0.717, 1.165) is 17.1 Å². The van der Waals surface area contributed by atoms with Gasteiger partial charge in [0, 0.05) is 74.8 Å². The van der Waals surface area contributed by atoms with Crippen LogP contribution in [-0.4, -0.2) is 17.7 Å². The first-order valence-corrected chi connectivity index (χ1v) is 25.9. The van der Waals surface area contributed by atoms with E-state index in [2.05, 4.69) is 285 Å². The predicted molar refractivity (Wildman–Crippen MR) is 300 cm³/mol. The van der Waals surface area contributed by atoms with Crippen molar-refractivity contribution in [1.82, 2.24) is 17.7 Å². The molecule has 0 aliphatic carbocycles. The second-order valence-electron chi connectivity index (χ2n) is 18.5. The Morgan fingerprint density at radius 2 is 0.465 bits per heavy atom. The Morgan fingerprint density at radius 3 is 0.859 bits per heavy atom. The van der Waals surface area contributed by atoms with Crippen molar-refractivity contribution in [2.75, 3.05) is 0 Å². The van der Waals surface area contributed by atoms with Crippen molar-refractivity contribution < 1.29 is 0 Å². The molecule has 4 aromatic heterocycles. The van der Waals surface area contributed by atoms with Crippen LogP contribution in [0.3, 0.4) is 0 Å². The third kappa shape index (κ3) is 5.69. The normalized spacial score (nSPS) is 13.4. The maximum Gasteiger partial charge on any atom is 0.0598 e. The lowest BCUT2D eigenvalue weighted by Gasteiger charge is -2.44. The van der Waals surface area contributed by atoms with Crippen molar-refractivity contribution in [3.05, 3.63) is 267 Å². The summed E-state index contributed by atoms with van der Waals surface area (Å²) in [7, 11) is -2.23. The van der Waals surface area contributed by atoms with Gasteiger partial charge in [0.2, 0.25) is 0 Å². The van der Waals surface area contributed by atoms with E-state index in [1.807, 2.05) is 0 Å². The van der Waals surface area contributed by atoms with Gasteiger partial charge in [-0.3, -0.25) is 3.97 Å². The zero-order valence-electron chi connectivity index (χ0n) is 38.6. The predicted octanol–water partition coefficient (Wildman–Crippen LogP) is 17.8. The minimum atomic E-state index is -2.23. The van der Waals surface area contributed by atoms with Crippen LogP contribution in [0.2, 0.25) is 0 Å². The lowest BCUT2D eigenvalue weighted by atomic mass is 10.1. The minimum absolute atomic E-state index is 1.12. The molecular weight excluding hydrogens is 881 g/mol. The number of benzene rings is 11. The molecule has 0 fully saturated rings. The average Bonchev–Trinajstić information content (AvgIpc) is 4.17. The zero-order valence-corrected chi connectivity index (χ0v) is 39.4. The number of para-hydroxylation sites is 7. The van der Waals surface area contributed by atoms with Crippen LogP contribution in [0.4, 0.5) is 0 Å². The largest absolute Gasteiger partial charge is 0.309 e. The first-order chi connectivity index (χ1) is 35.3. The molecule has 11 aromatic carbocycles. The van der Waals surface area contributed by atoms with Crippen molar-refractivity contribution in [2.24, 2.45) is 0 Å².